The minimum atomic E-state index is -0.214. The number of anilines is 1. The molecule has 162 valence electrons. The van der Waals surface area contributed by atoms with Crippen molar-refractivity contribution in [1.29, 1.82) is 0 Å². The van der Waals surface area contributed by atoms with Gasteiger partial charge < -0.3 is 14.8 Å². The number of nitrogens with one attached hydrogen (secondary N) is 1. The van der Waals surface area contributed by atoms with Crippen LogP contribution in [0.1, 0.15) is 16.9 Å². The largest absolute Gasteiger partial charge is 0.497 e. The van der Waals surface area contributed by atoms with Gasteiger partial charge in [-0.25, -0.2) is 4.98 Å². The van der Waals surface area contributed by atoms with Gasteiger partial charge in [-0.1, -0.05) is 17.8 Å². The van der Waals surface area contributed by atoms with Crippen LogP contribution < -0.4 is 20.3 Å². The number of aryl methyl sites for hydroxylation is 2. The molecule has 1 aliphatic rings. The molecule has 0 spiro atoms. The highest BCUT2D eigenvalue weighted by molar-refractivity contribution is 7.99. The third-order valence-corrected chi connectivity index (χ3v) is 7.23. The quantitative estimate of drug-likeness (QED) is 0.314. The third kappa shape index (κ3) is 4.33. The highest BCUT2D eigenvalue weighted by atomic mass is 32.2. The van der Waals surface area contributed by atoms with E-state index in [9.17, 15) is 9.59 Å². The first kappa shape index (κ1) is 21.5. The number of amides is 1. The van der Waals surface area contributed by atoms with Crippen LogP contribution in [0.25, 0.3) is 10.2 Å². The molecule has 0 atom stereocenters. The number of ether oxygens (including phenoxy) is 2. The van der Waals surface area contributed by atoms with Crippen LogP contribution in [-0.2, 0) is 24.2 Å². The van der Waals surface area contributed by atoms with Crippen molar-refractivity contribution in [2.75, 3.05) is 25.3 Å². The number of aromatic nitrogens is 2. The molecule has 0 saturated heterocycles. The highest BCUT2D eigenvalue weighted by Crippen LogP contribution is 2.35. The van der Waals surface area contributed by atoms with E-state index in [2.05, 4.69) is 11.9 Å². The number of allylic oxidation sites excluding steroid dienone is 1. The molecule has 2 aromatic heterocycles. The number of nitrogens with zero attached hydrogens (tertiary/aromatic N) is 2. The Morgan fingerprint density at radius 1 is 1.29 bits per heavy atom. The van der Waals surface area contributed by atoms with E-state index in [1.54, 1.807) is 54.4 Å². The number of thiophene rings is 1. The van der Waals surface area contributed by atoms with E-state index in [0.717, 1.165) is 35.0 Å². The molecule has 0 saturated carbocycles. The number of carbonyl (C=O) groups excluding carboxylic acids is 1. The summed E-state index contributed by atoms with van der Waals surface area (Å²) in [5, 5.41) is 4.10. The smallest absolute Gasteiger partial charge is 0.263 e. The van der Waals surface area contributed by atoms with Gasteiger partial charge in [-0.05, 0) is 24.8 Å². The number of carbonyl (C=O) groups is 1. The first-order chi connectivity index (χ1) is 15.0. The number of rotatable bonds is 8. The minimum absolute atomic E-state index is 0.0512. The van der Waals surface area contributed by atoms with Gasteiger partial charge in [-0.2, -0.15) is 0 Å². The Kier molecular flexibility index (Phi) is 6.33. The molecule has 9 heteroatoms. The second-order valence-electron chi connectivity index (χ2n) is 7.07. The van der Waals surface area contributed by atoms with Crippen LogP contribution in [0.5, 0.6) is 11.5 Å². The molecule has 0 unspecified atom stereocenters. The molecule has 1 N–H and O–H groups in total. The molecular weight excluding hydrogens is 434 g/mol. The molecular formula is C22H23N3O4S2. The number of methoxy groups -OCH3 is 2. The summed E-state index contributed by atoms with van der Waals surface area (Å²) in [6.07, 6.45) is 4.70. The zero-order valence-electron chi connectivity index (χ0n) is 17.4. The Balaban J connectivity index is 1.56. The van der Waals surface area contributed by atoms with Gasteiger partial charge in [0.1, 0.15) is 16.3 Å². The average molecular weight is 458 g/mol. The van der Waals surface area contributed by atoms with Crippen LogP contribution >= 0.6 is 23.1 Å². The van der Waals surface area contributed by atoms with Gasteiger partial charge in [-0.3, -0.25) is 14.2 Å². The number of thioether (sulfide) groups is 1. The van der Waals surface area contributed by atoms with E-state index in [-0.39, 0.29) is 17.2 Å². The lowest BCUT2D eigenvalue weighted by Crippen LogP contribution is -2.24. The molecule has 31 heavy (non-hydrogen) atoms. The van der Waals surface area contributed by atoms with Gasteiger partial charge in [0.2, 0.25) is 5.91 Å². The number of benzene rings is 1. The summed E-state index contributed by atoms with van der Waals surface area (Å²) in [5.41, 5.74) is 1.67. The second-order valence-corrected chi connectivity index (χ2v) is 9.10. The van der Waals surface area contributed by atoms with Crippen LogP contribution in [0.15, 0.2) is 40.8 Å². The fraction of sp³-hybridized carbons (Fsp3) is 0.318. The predicted molar refractivity (Wildman–Crippen MR) is 125 cm³/mol. The van der Waals surface area contributed by atoms with E-state index < -0.39 is 0 Å². The van der Waals surface area contributed by atoms with Gasteiger partial charge in [0, 0.05) is 35.3 Å². The summed E-state index contributed by atoms with van der Waals surface area (Å²) in [4.78, 5) is 32.5. The van der Waals surface area contributed by atoms with Gasteiger partial charge in [-0.15, -0.1) is 17.9 Å². The lowest BCUT2D eigenvalue weighted by atomic mass is 10.2. The van der Waals surface area contributed by atoms with E-state index in [1.165, 1.54) is 16.6 Å². The highest BCUT2D eigenvalue weighted by Gasteiger charge is 2.23. The van der Waals surface area contributed by atoms with E-state index in [4.69, 9.17) is 14.5 Å². The Morgan fingerprint density at radius 3 is 2.71 bits per heavy atom. The molecule has 7 nitrogen and oxygen atoms in total. The molecule has 0 bridgehead atoms. The Hall–Kier alpha value is -2.78. The zero-order chi connectivity index (χ0) is 22.0. The van der Waals surface area contributed by atoms with Crippen molar-refractivity contribution in [2.45, 2.75) is 31.0 Å². The molecule has 0 radical (unpaired) electrons. The van der Waals surface area contributed by atoms with Crippen LogP contribution in [0.4, 0.5) is 5.69 Å². The normalized spacial score (nSPS) is 12.6. The lowest BCUT2D eigenvalue weighted by molar-refractivity contribution is -0.113. The number of hydrogen-bond acceptors (Lipinski definition) is 7. The maximum atomic E-state index is 13.2. The van der Waals surface area contributed by atoms with Crippen molar-refractivity contribution in [2.24, 2.45) is 0 Å². The maximum Gasteiger partial charge on any atom is 0.263 e. The van der Waals surface area contributed by atoms with E-state index >= 15 is 0 Å². The predicted octanol–water partition coefficient (Wildman–Crippen LogP) is 3.88. The molecule has 2 heterocycles. The fourth-order valence-electron chi connectivity index (χ4n) is 3.67. The van der Waals surface area contributed by atoms with Crippen molar-refractivity contribution >= 4 is 44.9 Å². The average Bonchev–Trinajstić information content (AvgIpc) is 3.35. The summed E-state index contributed by atoms with van der Waals surface area (Å²) in [7, 11) is 3.11. The molecule has 4 rings (SSSR count). The third-order valence-electron chi connectivity index (χ3n) is 5.07. The number of hydrogen-bond donors (Lipinski definition) is 1. The van der Waals surface area contributed by atoms with Crippen LogP contribution in [0.2, 0.25) is 0 Å². The lowest BCUT2D eigenvalue weighted by Gasteiger charge is -2.12. The molecule has 1 aliphatic carbocycles. The summed E-state index contributed by atoms with van der Waals surface area (Å²) in [6, 6.07) is 5.17. The molecule has 0 aliphatic heterocycles. The first-order valence-electron chi connectivity index (χ1n) is 9.85. The van der Waals surface area contributed by atoms with Gasteiger partial charge >= 0.3 is 0 Å². The molecule has 1 aromatic carbocycles. The van der Waals surface area contributed by atoms with Gasteiger partial charge in [0.15, 0.2) is 5.16 Å². The van der Waals surface area contributed by atoms with E-state index in [0.29, 0.717) is 28.9 Å². The summed E-state index contributed by atoms with van der Waals surface area (Å²) >= 11 is 2.83. The molecule has 1 amide bonds. The number of fused-ring (bicyclic) bond motifs is 3. The van der Waals surface area contributed by atoms with Crippen molar-refractivity contribution in [1.82, 2.24) is 9.55 Å². The zero-order valence-corrected chi connectivity index (χ0v) is 19.0. The monoisotopic (exact) mass is 457 g/mol. The molecule has 0 fully saturated rings. The minimum Gasteiger partial charge on any atom is -0.497 e. The van der Waals surface area contributed by atoms with Crippen molar-refractivity contribution in [3.63, 3.8) is 0 Å². The van der Waals surface area contributed by atoms with Gasteiger partial charge in [0.05, 0.1) is 25.4 Å². The SMILES string of the molecule is C=CCn1c(SCC(=O)Nc2cc(OC)cc(OC)c2)nc2sc3c(c2c1=O)CCC3. The Labute approximate surface area is 188 Å². The standard InChI is InChI=1S/C22H23N3O4S2/c1-4-8-25-21(27)19-16-6-5-7-17(16)31-20(19)24-22(25)30-12-18(26)23-13-9-14(28-2)11-15(10-13)29-3/h4,9-11H,1,5-8,12H2,2-3H3,(H,23,26). The Bertz CT molecular complexity index is 1190. The van der Waals surface area contributed by atoms with Crippen molar-refractivity contribution in [3.8, 4) is 11.5 Å². The molecule has 3 aromatic rings. The van der Waals surface area contributed by atoms with Crippen LogP contribution in [0, 0.1) is 0 Å². The van der Waals surface area contributed by atoms with Crippen LogP contribution in [0.3, 0.4) is 0 Å². The van der Waals surface area contributed by atoms with Crippen LogP contribution in [-0.4, -0.2) is 35.4 Å². The van der Waals surface area contributed by atoms with Crippen molar-refractivity contribution in [3.05, 3.63) is 51.6 Å². The maximum absolute atomic E-state index is 13.2. The van der Waals surface area contributed by atoms with Gasteiger partial charge in [0.25, 0.3) is 5.56 Å². The Morgan fingerprint density at radius 2 is 2.03 bits per heavy atom. The van der Waals surface area contributed by atoms with E-state index in [1.807, 2.05) is 0 Å². The summed E-state index contributed by atoms with van der Waals surface area (Å²) in [6.45, 7) is 4.12. The topological polar surface area (TPSA) is 82.5 Å². The summed E-state index contributed by atoms with van der Waals surface area (Å²) in [5.74, 6) is 1.06. The second kappa shape index (κ2) is 9.15. The van der Waals surface area contributed by atoms with Crippen molar-refractivity contribution < 1.29 is 14.3 Å². The first-order valence-corrected chi connectivity index (χ1v) is 11.7. The fourth-order valence-corrected chi connectivity index (χ4v) is 5.78. The summed E-state index contributed by atoms with van der Waals surface area (Å²) < 4.78 is 12.1.